The van der Waals surface area contributed by atoms with Crippen LogP contribution in [0.2, 0.25) is 0 Å². The van der Waals surface area contributed by atoms with Gasteiger partial charge in [0.25, 0.3) is 0 Å². The van der Waals surface area contributed by atoms with Crippen LogP contribution >= 0.6 is 0 Å². The van der Waals surface area contributed by atoms with Gasteiger partial charge >= 0.3 is 5.97 Å². The van der Waals surface area contributed by atoms with Gasteiger partial charge in [0.05, 0.1) is 6.61 Å². The fourth-order valence-electron chi connectivity index (χ4n) is 2.84. The van der Waals surface area contributed by atoms with Crippen molar-refractivity contribution < 1.29 is 19.4 Å². The molecular formula is C14H26N2O4. The van der Waals surface area contributed by atoms with Crippen molar-refractivity contribution in [2.75, 3.05) is 33.4 Å². The number of ether oxygens (including phenoxy) is 1. The van der Waals surface area contributed by atoms with Gasteiger partial charge in [-0.05, 0) is 24.8 Å². The van der Waals surface area contributed by atoms with E-state index in [0.717, 1.165) is 25.7 Å². The fraction of sp³-hybridized carbons (Fsp3) is 0.857. The number of carboxylic acids is 1. The summed E-state index contributed by atoms with van der Waals surface area (Å²) in [4.78, 5) is 24.6. The van der Waals surface area contributed by atoms with E-state index in [2.05, 4.69) is 0 Å². The molecule has 0 aromatic heterocycles. The molecule has 1 rings (SSSR count). The van der Waals surface area contributed by atoms with Gasteiger partial charge in [-0.25, -0.2) is 0 Å². The molecule has 1 saturated carbocycles. The molecule has 1 fully saturated rings. The van der Waals surface area contributed by atoms with E-state index >= 15 is 0 Å². The zero-order chi connectivity index (χ0) is 15.0. The minimum absolute atomic E-state index is 0.128. The first-order valence-electron chi connectivity index (χ1n) is 7.21. The number of carbonyl (C=O) groups is 2. The van der Waals surface area contributed by atoms with E-state index in [-0.39, 0.29) is 17.9 Å². The maximum atomic E-state index is 12.4. The molecule has 0 spiro atoms. The Morgan fingerprint density at radius 1 is 1.30 bits per heavy atom. The average molecular weight is 286 g/mol. The Bertz CT molecular complexity index is 327. The molecule has 1 aliphatic carbocycles. The van der Waals surface area contributed by atoms with Gasteiger partial charge in [0, 0.05) is 20.1 Å². The number of nitrogens with two attached hydrogens (primary N) is 1. The molecule has 3 N–H and O–H groups in total. The van der Waals surface area contributed by atoms with Gasteiger partial charge in [-0.3, -0.25) is 9.59 Å². The molecule has 20 heavy (non-hydrogen) atoms. The molecule has 0 saturated heterocycles. The SMILES string of the molecule is COCCN(CC(=O)O)C(=O)CC1(CN)CCCCC1. The summed E-state index contributed by atoms with van der Waals surface area (Å²) in [6, 6.07) is 0. The van der Waals surface area contributed by atoms with Crippen LogP contribution in [-0.2, 0) is 14.3 Å². The molecule has 0 heterocycles. The van der Waals surface area contributed by atoms with Crippen molar-refractivity contribution in [3.8, 4) is 0 Å². The lowest BCUT2D eigenvalue weighted by molar-refractivity contribution is -0.146. The van der Waals surface area contributed by atoms with Crippen LogP contribution < -0.4 is 5.73 Å². The predicted molar refractivity (Wildman–Crippen MR) is 75.3 cm³/mol. The van der Waals surface area contributed by atoms with Gasteiger partial charge in [0.2, 0.25) is 5.91 Å². The lowest BCUT2D eigenvalue weighted by atomic mass is 9.71. The van der Waals surface area contributed by atoms with E-state index in [1.54, 1.807) is 0 Å². The van der Waals surface area contributed by atoms with Crippen molar-refractivity contribution in [2.24, 2.45) is 11.1 Å². The summed E-state index contributed by atoms with van der Waals surface area (Å²) in [5, 5.41) is 8.90. The summed E-state index contributed by atoms with van der Waals surface area (Å²) < 4.78 is 4.93. The summed E-state index contributed by atoms with van der Waals surface area (Å²) in [6.45, 7) is 0.865. The number of nitrogens with zero attached hydrogens (tertiary/aromatic N) is 1. The molecule has 116 valence electrons. The van der Waals surface area contributed by atoms with Crippen LogP contribution in [-0.4, -0.2) is 55.2 Å². The van der Waals surface area contributed by atoms with Gasteiger partial charge in [-0.15, -0.1) is 0 Å². The Morgan fingerprint density at radius 2 is 1.95 bits per heavy atom. The summed E-state index contributed by atoms with van der Waals surface area (Å²) in [5.41, 5.74) is 5.74. The van der Waals surface area contributed by atoms with Crippen LogP contribution in [0.4, 0.5) is 0 Å². The average Bonchev–Trinajstić information content (AvgIpc) is 2.44. The lowest BCUT2D eigenvalue weighted by Crippen LogP contribution is -2.43. The number of carboxylic acid groups (broad SMARTS) is 1. The topological polar surface area (TPSA) is 92.9 Å². The van der Waals surface area contributed by atoms with Gasteiger partial charge in [0.1, 0.15) is 6.54 Å². The van der Waals surface area contributed by atoms with Crippen LogP contribution in [0.5, 0.6) is 0 Å². The number of carbonyl (C=O) groups excluding carboxylic acids is 1. The smallest absolute Gasteiger partial charge is 0.323 e. The van der Waals surface area contributed by atoms with Crippen LogP contribution in [0.15, 0.2) is 0 Å². The standard InChI is InChI=1S/C14H26N2O4/c1-20-8-7-16(10-13(18)19)12(17)9-14(11-15)5-3-2-4-6-14/h2-11,15H2,1H3,(H,18,19). The molecule has 6 nitrogen and oxygen atoms in total. The summed E-state index contributed by atoms with van der Waals surface area (Å²) in [6.07, 6.45) is 5.66. The van der Waals surface area contributed by atoms with Crippen molar-refractivity contribution in [1.82, 2.24) is 4.90 Å². The second-order valence-corrected chi connectivity index (χ2v) is 5.64. The highest BCUT2D eigenvalue weighted by Crippen LogP contribution is 2.38. The van der Waals surface area contributed by atoms with Crippen molar-refractivity contribution in [3.63, 3.8) is 0 Å². The third kappa shape index (κ3) is 5.09. The number of hydrogen-bond donors (Lipinski definition) is 2. The molecule has 1 aliphatic rings. The first-order valence-corrected chi connectivity index (χ1v) is 7.21. The number of hydrogen-bond acceptors (Lipinski definition) is 4. The molecule has 1 amide bonds. The van der Waals surface area contributed by atoms with Gasteiger partial charge in [-0.1, -0.05) is 19.3 Å². The molecule has 0 aromatic carbocycles. The molecular weight excluding hydrogens is 260 g/mol. The van der Waals surface area contributed by atoms with E-state index in [1.165, 1.54) is 18.4 Å². The molecule has 0 radical (unpaired) electrons. The largest absolute Gasteiger partial charge is 0.480 e. The summed E-state index contributed by atoms with van der Waals surface area (Å²) in [5.74, 6) is -1.13. The quantitative estimate of drug-likeness (QED) is 0.690. The fourth-order valence-corrected chi connectivity index (χ4v) is 2.84. The number of rotatable bonds is 8. The van der Waals surface area contributed by atoms with Crippen LogP contribution in [0.3, 0.4) is 0 Å². The Balaban J connectivity index is 2.64. The highest BCUT2D eigenvalue weighted by Gasteiger charge is 2.34. The van der Waals surface area contributed by atoms with Crippen molar-refractivity contribution in [2.45, 2.75) is 38.5 Å². The molecule has 0 unspecified atom stereocenters. The minimum atomic E-state index is -1.00. The van der Waals surface area contributed by atoms with Crippen molar-refractivity contribution in [1.29, 1.82) is 0 Å². The monoisotopic (exact) mass is 286 g/mol. The van der Waals surface area contributed by atoms with E-state index < -0.39 is 5.97 Å². The van der Waals surface area contributed by atoms with Crippen molar-refractivity contribution in [3.05, 3.63) is 0 Å². The Kier molecular flexibility index (Phi) is 6.95. The molecule has 0 aromatic rings. The van der Waals surface area contributed by atoms with Gasteiger partial charge in [0.15, 0.2) is 0 Å². The molecule has 0 atom stereocenters. The zero-order valence-electron chi connectivity index (χ0n) is 12.3. The third-order valence-electron chi connectivity index (χ3n) is 4.12. The Morgan fingerprint density at radius 3 is 2.45 bits per heavy atom. The highest BCUT2D eigenvalue weighted by atomic mass is 16.5. The second kappa shape index (κ2) is 8.21. The molecule has 6 heteroatoms. The van der Waals surface area contributed by atoms with Gasteiger partial charge < -0.3 is 20.5 Å². The van der Waals surface area contributed by atoms with Crippen LogP contribution in [0, 0.1) is 5.41 Å². The van der Waals surface area contributed by atoms with E-state index in [4.69, 9.17) is 15.6 Å². The Labute approximate surface area is 120 Å². The summed E-state index contributed by atoms with van der Waals surface area (Å²) in [7, 11) is 1.53. The first-order chi connectivity index (χ1) is 9.53. The third-order valence-corrected chi connectivity index (χ3v) is 4.12. The van der Waals surface area contributed by atoms with E-state index in [0.29, 0.717) is 26.1 Å². The number of methoxy groups -OCH3 is 1. The van der Waals surface area contributed by atoms with Crippen LogP contribution in [0.25, 0.3) is 0 Å². The predicted octanol–water partition coefficient (Wildman–Crippen LogP) is 0.845. The second-order valence-electron chi connectivity index (χ2n) is 5.64. The van der Waals surface area contributed by atoms with E-state index in [1.807, 2.05) is 0 Å². The van der Waals surface area contributed by atoms with E-state index in [9.17, 15) is 9.59 Å². The summed E-state index contributed by atoms with van der Waals surface area (Å²) >= 11 is 0. The molecule has 0 aliphatic heterocycles. The van der Waals surface area contributed by atoms with Crippen molar-refractivity contribution >= 4 is 11.9 Å². The number of amides is 1. The maximum Gasteiger partial charge on any atom is 0.323 e. The normalized spacial score (nSPS) is 17.7. The maximum absolute atomic E-state index is 12.4. The van der Waals surface area contributed by atoms with Gasteiger partial charge in [-0.2, -0.15) is 0 Å². The highest BCUT2D eigenvalue weighted by molar-refractivity contribution is 5.81. The molecule has 0 bridgehead atoms. The first kappa shape index (κ1) is 16.9. The van der Waals surface area contributed by atoms with Crippen LogP contribution in [0.1, 0.15) is 38.5 Å². The number of aliphatic carboxylic acids is 1. The zero-order valence-corrected chi connectivity index (χ0v) is 12.3. The lowest BCUT2D eigenvalue weighted by Gasteiger charge is -2.37. The Hall–Kier alpha value is -1.14. The minimum Gasteiger partial charge on any atom is -0.480 e.